The molecule has 0 saturated carbocycles. The highest BCUT2D eigenvalue weighted by Crippen LogP contribution is 2.19. The minimum absolute atomic E-state index is 0.177. The van der Waals surface area contributed by atoms with Gasteiger partial charge in [0.15, 0.2) is 0 Å². The highest BCUT2D eigenvalue weighted by atomic mass is 35.5. The number of nitrogens with one attached hydrogen (secondary N) is 3. The first kappa shape index (κ1) is 11.8. The van der Waals surface area contributed by atoms with Crippen LogP contribution in [0.25, 0.3) is 10.9 Å². The number of carbonyl (C=O) groups excluding carboxylic acids is 1. The van der Waals surface area contributed by atoms with E-state index in [4.69, 9.17) is 11.6 Å². The first-order chi connectivity index (χ1) is 9.22. The molecule has 0 unspecified atom stereocenters. The van der Waals surface area contributed by atoms with Crippen molar-refractivity contribution in [2.75, 3.05) is 0 Å². The number of aromatic amines is 2. The third kappa shape index (κ3) is 2.46. The highest BCUT2D eigenvalue weighted by molar-refractivity contribution is 6.31. The molecular formula is C13H11ClN4O. The molecule has 2 heterocycles. The molecular weight excluding hydrogens is 264 g/mol. The van der Waals surface area contributed by atoms with Crippen molar-refractivity contribution in [1.29, 1.82) is 0 Å². The molecule has 0 fully saturated rings. The molecule has 1 amide bonds. The van der Waals surface area contributed by atoms with Gasteiger partial charge in [0.05, 0.1) is 6.54 Å². The summed E-state index contributed by atoms with van der Waals surface area (Å²) in [6.07, 6.45) is 3.36. The number of benzene rings is 1. The summed E-state index contributed by atoms with van der Waals surface area (Å²) < 4.78 is 0. The van der Waals surface area contributed by atoms with Crippen molar-refractivity contribution in [3.63, 3.8) is 0 Å². The molecule has 6 heteroatoms. The average Bonchev–Trinajstić information content (AvgIpc) is 3.04. The Morgan fingerprint density at radius 3 is 3.05 bits per heavy atom. The van der Waals surface area contributed by atoms with Crippen molar-refractivity contribution < 1.29 is 4.79 Å². The van der Waals surface area contributed by atoms with Crippen LogP contribution in [0.2, 0.25) is 5.02 Å². The van der Waals surface area contributed by atoms with Crippen LogP contribution in [0.15, 0.2) is 36.7 Å². The Hall–Kier alpha value is -2.27. The van der Waals surface area contributed by atoms with Gasteiger partial charge in [-0.3, -0.25) is 4.79 Å². The molecule has 3 aromatic rings. The van der Waals surface area contributed by atoms with E-state index in [1.165, 1.54) is 0 Å². The number of halogens is 1. The van der Waals surface area contributed by atoms with Crippen LogP contribution in [-0.4, -0.2) is 20.9 Å². The number of imidazole rings is 1. The number of carbonyl (C=O) groups is 1. The van der Waals surface area contributed by atoms with Crippen molar-refractivity contribution in [3.8, 4) is 0 Å². The minimum atomic E-state index is -0.177. The molecule has 0 radical (unpaired) electrons. The summed E-state index contributed by atoms with van der Waals surface area (Å²) in [7, 11) is 0. The van der Waals surface area contributed by atoms with E-state index in [9.17, 15) is 4.79 Å². The fourth-order valence-corrected chi connectivity index (χ4v) is 2.05. The molecule has 0 saturated heterocycles. The summed E-state index contributed by atoms with van der Waals surface area (Å²) in [4.78, 5) is 22.0. The lowest BCUT2D eigenvalue weighted by atomic mass is 10.2. The van der Waals surface area contributed by atoms with E-state index in [-0.39, 0.29) is 5.91 Å². The average molecular weight is 275 g/mol. The minimum Gasteiger partial charge on any atom is -0.350 e. The van der Waals surface area contributed by atoms with E-state index < -0.39 is 0 Å². The number of hydrogen-bond acceptors (Lipinski definition) is 2. The quantitative estimate of drug-likeness (QED) is 0.686. The van der Waals surface area contributed by atoms with Crippen molar-refractivity contribution >= 4 is 28.4 Å². The van der Waals surface area contributed by atoms with Crippen LogP contribution in [-0.2, 0) is 6.54 Å². The van der Waals surface area contributed by atoms with E-state index in [2.05, 4.69) is 20.3 Å². The molecule has 2 aromatic heterocycles. The number of rotatable bonds is 3. The lowest BCUT2D eigenvalue weighted by molar-refractivity contribution is 0.0946. The van der Waals surface area contributed by atoms with E-state index in [0.29, 0.717) is 23.1 Å². The summed E-state index contributed by atoms with van der Waals surface area (Å²) in [6.45, 7) is 0.363. The number of fused-ring (bicyclic) bond motifs is 1. The van der Waals surface area contributed by atoms with Gasteiger partial charge in [0, 0.05) is 28.3 Å². The van der Waals surface area contributed by atoms with Crippen LogP contribution >= 0.6 is 11.6 Å². The molecule has 5 nitrogen and oxygen atoms in total. The number of hydrogen-bond donors (Lipinski definition) is 3. The molecule has 0 spiro atoms. The molecule has 0 aliphatic rings. The van der Waals surface area contributed by atoms with Gasteiger partial charge >= 0.3 is 0 Å². The van der Waals surface area contributed by atoms with Crippen LogP contribution < -0.4 is 5.32 Å². The Bertz CT molecular complexity index is 717. The molecule has 0 aliphatic heterocycles. The Labute approximate surface area is 114 Å². The Morgan fingerprint density at radius 1 is 1.37 bits per heavy atom. The van der Waals surface area contributed by atoms with E-state index in [1.54, 1.807) is 30.6 Å². The second-order valence-electron chi connectivity index (χ2n) is 4.13. The van der Waals surface area contributed by atoms with Crippen molar-refractivity contribution in [2.24, 2.45) is 0 Å². The molecule has 3 N–H and O–H groups in total. The maximum Gasteiger partial charge on any atom is 0.268 e. The Morgan fingerprint density at radius 2 is 2.26 bits per heavy atom. The van der Waals surface area contributed by atoms with E-state index in [0.717, 1.165) is 10.9 Å². The van der Waals surface area contributed by atoms with Gasteiger partial charge in [0.25, 0.3) is 5.91 Å². The van der Waals surface area contributed by atoms with Gasteiger partial charge in [-0.15, -0.1) is 0 Å². The van der Waals surface area contributed by atoms with Crippen LogP contribution in [0.4, 0.5) is 0 Å². The number of amides is 1. The summed E-state index contributed by atoms with van der Waals surface area (Å²) in [5.74, 6) is 0.538. The predicted octanol–water partition coefficient (Wildman–Crippen LogP) is 2.47. The highest BCUT2D eigenvalue weighted by Gasteiger charge is 2.09. The third-order valence-electron chi connectivity index (χ3n) is 2.80. The lowest BCUT2D eigenvalue weighted by Gasteiger charge is -2.00. The summed E-state index contributed by atoms with van der Waals surface area (Å²) in [6, 6.07) is 7.25. The number of H-pyrrole nitrogens is 2. The van der Waals surface area contributed by atoms with Gasteiger partial charge in [-0.25, -0.2) is 4.98 Å². The van der Waals surface area contributed by atoms with Crippen LogP contribution in [0, 0.1) is 0 Å². The molecule has 1 aromatic carbocycles. The van der Waals surface area contributed by atoms with E-state index >= 15 is 0 Å². The molecule has 3 rings (SSSR count). The Balaban J connectivity index is 1.77. The molecule has 19 heavy (non-hydrogen) atoms. The lowest BCUT2D eigenvalue weighted by Crippen LogP contribution is -2.23. The molecule has 0 bridgehead atoms. The van der Waals surface area contributed by atoms with Crippen molar-refractivity contribution in [2.45, 2.75) is 6.54 Å². The van der Waals surface area contributed by atoms with Gasteiger partial charge in [-0.1, -0.05) is 17.7 Å². The van der Waals surface area contributed by atoms with Gasteiger partial charge in [0.2, 0.25) is 0 Å². The second kappa shape index (κ2) is 4.78. The first-order valence-electron chi connectivity index (χ1n) is 5.77. The molecule has 96 valence electrons. The normalized spacial score (nSPS) is 10.8. The zero-order chi connectivity index (χ0) is 13.2. The molecule has 0 aliphatic carbocycles. The van der Waals surface area contributed by atoms with Crippen molar-refractivity contribution in [1.82, 2.24) is 20.3 Å². The van der Waals surface area contributed by atoms with Crippen molar-refractivity contribution in [3.05, 3.63) is 53.2 Å². The second-order valence-corrected chi connectivity index (χ2v) is 4.57. The van der Waals surface area contributed by atoms with E-state index in [1.807, 2.05) is 6.07 Å². The summed E-state index contributed by atoms with van der Waals surface area (Å²) in [5.41, 5.74) is 1.35. The smallest absolute Gasteiger partial charge is 0.268 e. The largest absolute Gasteiger partial charge is 0.350 e. The fraction of sp³-hybridized carbons (Fsp3) is 0.0769. The number of aromatic nitrogens is 3. The maximum atomic E-state index is 12.0. The third-order valence-corrected chi connectivity index (χ3v) is 3.04. The van der Waals surface area contributed by atoms with Crippen LogP contribution in [0.5, 0.6) is 0 Å². The summed E-state index contributed by atoms with van der Waals surface area (Å²) in [5, 5.41) is 4.37. The monoisotopic (exact) mass is 274 g/mol. The van der Waals surface area contributed by atoms with Gasteiger partial charge in [0.1, 0.15) is 11.5 Å². The van der Waals surface area contributed by atoms with Crippen LogP contribution in [0.3, 0.4) is 0 Å². The summed E-state index contributed by atoms with van der Waals surface area (Å²) >= 11 is 5.90. The fourth-order valence-electron chi connectivity index (χ4n) is 1.88. The van der Waals surface area contributed by atoms with Crippen LogP contribution in [0.1, 0.15) is 16.3 Å². The maximum absolute atomic E-state index is 12.0. The topological polar surface area (TPSA) is 73.6 Å². The zero-order valence-corrected chi connectivity index (χ0v) is 10.7. The van der Waals surface area contributed by atoms with Gasteiger partial charge in [-0.2, -0.15) is 0 Å². The van der Waals surface area contributed by atoms with Gasteiger partial charge in [-0.05, 0) is 18.2 Å². The van der Waals surface area contributed by atoms with Gasteiger partial charge < -0.3 is 15.3 Å². The first-order valence-corrected chi connectivity index (χ1v) is 6.15. The Kier molecular flexibility index (Phi) is 2.97. The zero-order valence-electron chi connectivity index (χ0n) is 9.90. The standard InChI is InChI=1S/C13H11ClN4O/c14-9-2-1-8-5-11(18-10(8)6-9)13(19)17-7-12-15-3-4-16-12/h1-6,18H,7H2,(H,15,16)(H,17,19). The molecule has 0 atom stereocenters. The number of nitrogens with zero attached hydrogens (tertiary/aromatic N) is 1. The SMILES string of the molecule is O=C(NCc1ncc[nH]1)c1cc2ccc(Cl)cc2[nH]1. The predicted molar refractivity (Wildman–Crippen MR) is 73.1 cm³/mol.